The minimum Gasteiger partial charge on any atom is -0.383 e. The first-order valence-corrected chi connectivity index (χ1v) is 7.28. The van der Waals surface area contributed by atoms with Gasteiger partial charge in [0.05, 0.1) is 6.61 Å². The Kier molecular flexibility index (Phi) is 8.83. The quantitative estimate of drug-likeness (QED) is 0.652. The molecule has 3 nitrogen and oxygen atoms in total. The van der Waals surface area contributed by atoms with Gasteiger partial charge in [-0.1, -0.05) is 34.6 Å². The van der Waals surface area contributed by atoms with Crippen LogP contribution in [-0.4, -0.2) is 50.8 Å². The molecule has 0 aromatic carbocycles. The van der Waals surface area contributed by atoms with Crippen molar-refractivity contribution in [3.8, 4) is 0 Å². The smallest absolute Gasteiger partial charge is 0.0589 e. The van der Waals surface area contributed by atoms with Gasteiger partial charge in [0.2, 0.25) is 0 Å². The van der Waals surface area contributed by atoms with E-state index in [0.29, 0.717) is 12.0 Å². The van der Waals surface area contributed by atoms with Crippen molar-refractivity contribution in [2.75, 3.05) is 39.9 Å². The summed E-state index contributed by atoms with van der Waals surface area (Å²) in [5.74, 6) is 0.701. The van der Waals surface area contributed by atoms with Crippen LogP contribution in [0.25, 0.3) is 0 Å². The van der Waals surface area contributed by atoms with Gasteiger partial charge in [0.1, 0.15) is 0 Å². The third-order valence-electron chi connectivity index (χ3n) is 3.55. The van der Waals surface area contributed by atoms with Crippen LogP contribution in [0.15, 0.2) is 0 Å². The van der Waals surface area contributed by atoms with Gasteiger partial charge >= 0.3 is 0 Å². The standard InChI is InChI=1S/C15H34N2O/c1-8-16-14(4)15(5,6)12-17(9-10-18-7)11-13(2)3/h13-14,16H,8-12H2,1-7H3. The molecule has 1 atom stereocenters. The first kappa shape index (κ1) is 17.9. The molecule has 0 aliphatic carbocycles. The van der Waals surface area contributed by atoms with Crippen LogP contribution in [0, 0.1) is 11.3 Å². The van der Waals surface area contributed by atoms with Gasteiger partial charge in [0, 0.05) is 32.8 Å². The largest absolute Gasteiger partial charge is 0.383 e. The molecule has 3 heteroatoms. The van der Waals surface area contributed by atoms with E-state index in [4.69, 9.17) is 4.74 Å². The summed E-state index contributed by atoms with van der Waals surface area (Å²) in [5.41, 5.74) is 0.276. The molecular formula is C15H34N2O. The predicted octanol–water partition coefficient (Wildman–Crippen LogP) is 2.62. The Labute approximate surface area is 114 Å². The average molecular weight is 258 g/mol. The molecule has 0 spiro atoms. The molecule has 1 N–H and O–H groups in total. The molecule has 0 fully saturated rings. The maximum Gasteiger partial charge on any atom is 0.0589 e. The molecular weight excluding hydrogens is 224 g/mol. The summed E-state index contributed by atoms with van der Waals surface area (Å²) in [6, 6.07) is 0.528. The molecule has 110 valence electrons. The van der Waals surface area contributed by atoms with Crippen molar-refractivity contribution in [2.45, 2.75) is 47.6 Å². The highest BCUT2D eigenvalue weighted by molar-refractivity contribution is 4.84. The summed E-state index contributed by atoms with van der Waals surface area (Å²) in [6.45, 7) is 18.8. The summed E-state index contributed by atoms with van der Waals surface area (Å²) in [5, 5.41) is 3.54. The van der Waals surface area contributed by atoms with Crippen molar-refractivity contribution in [2.24, 2.45) is 11.3 Å². The highest BCUT2D eigenvalue weighted by Crippen LogP contribution is 2.22. The topological polar surface area (TPSA) is 24.5 Å². The van der Waals surface area contributed by atoms with Crippen LogP contribution in [-0.2, 0) is 4.74 Å². The van der Waals surface area contributed by atoms with E-state index in [9.17, 15) is 0 Å². The number of hydrogen-bond acceptors (Lipinski definition) is 3. The van der Waals surface area contributed by atoms with Gasteiger partial charge < -0.3 is 15.0 Å². The van der Waals surface area contributed by atoms with Crippen molar-refractivity contribution < 1.29 is 4.74 Å². The van der Waals surface area contributed by atoms with Crippen molar-refractivity contribution in [3.63, 3.8) is 0 Å². The summed E-state index contributed by atoms with van der Waals surface area (Å²) in [4.78, 5) is 2.53. The normalized spacial score (nSPS) is 14.5. The molecule has 0 aliphatic heterocycles. The average Bonchev–Trinajstić information content (AvgIpc) is 2.25. The number of rotatable bonds is 10. The summed E-state index contributed by atoms with van der Waals surface area (Å²) < 4.78 is 5.22. The highest BCUT2D eigenvalue weighted by atomic mass is 16.5. The monoisotopic (exact) mass is 258 g/mol. The third-order valence-corrected chi connectivity index (χ3v) is 3.55. The van der Waals surface area contributed by atoms with Crippen LogP contribution in [0.2, 0.25) is 0 Å². The molecule has 1 unspecified atom stereocenters. The molecule has 0 aliphatic rings. The summed E-state index contributed by atoms with van der Waals surface area (Å²) >= 11 is 0. The molecule has 0 saturated heterocycles. The molecule has 0 aromatic rings. The second-order valence-electron chi connectivity index (χ2n) is 6.39. The minimum atomic E-state index is 0.276. The lowest BCUT2D eigenvalue weighted by Gasteiger charge is -2.38. The Morgan fingerprint density at radius 3 is 2.28 bits per heavy atom. The van der Waals surface area contributed by atoms with Crippen LogP contribution >= 0.6 is 0 Å². The summed E-state index contributed by atoms with van der Waals surface area (Å²) in [7, 11) is 1.78. The van der Waals surface area contributed by atoms with Crippen LogP contribution in [0.4, 0.5) is 0 Å². The van der Waals surface area contributed by atoms with Crippen molar-refractivity contribution in [3.05, 3.63) is 0 Å². The lowest BCUT2D eigenvalue weighted by Crippen LogP contribution is -2.48. The number of nitrogens with zero attached hydrogens (tertiary/aromatic N) is 1. The highest BCUT2D eigenvalue weighted by Gasteiger charge is 2.27. The second-order valence-corrected chi connectivity index (χ2v) is 6.39. The third kappa shape index (κ3) is 7.34. The van der Waals surface area contributed by atoms with Crippen LogP contribution in [0.3, 0.4) is 0 Å². The van der Waals surface area contributed by atoms with Gasteiger partial charge in [-0.25, -0.2) is 0 Å². The molecule has 0 saturated carbocycles. The molecule has 0 heterocycles. The SMILES string of the molecule is CCNC(C)C(C)(C)CN(CCOC)CC(C)C. The fraction of sp³-hybridized carbons (Fsp3) is 1.00. The van der Waals surface area contributed by atoms with Crippen molar-refractivity contribution in [1.82, 2.24) is 10.2 Å². The van der Waals surface area contributed by atoms with Gasteiger partial charge in [0.15, 0.2) is 0 Å². The molecule has 0 amide bonds. The number of methoxy groups -OCH3 is 1. The minimum absolute atomic E-state index is 0.276. The zero-order valence-electron chi connectivity index (χ0n) is 13.5. The van der Waals surface area contributed by atoms with Crippen LogP contribution in [0.5, 0.6) is 0 Å². The van der Waals surface area contributed by atoms with Gasteiger partial charge in [0.25, 0.3) is 0 Å². The Bertz CT molecular complexity index is 205. The maximum atomic E-state index is 5.22. The Morgan fingerprint density at radius 1 is 1.22 bits per heavy atom. The maximum absolute atomic E-state index is 5.22. The Balaban J connectivity index is 4.42. The lowest BCUT2D eigenvalue weighted by molar-refractivity contribution is 0.0951. The molecule has 0 aromatic heterocycles. The number of nitrogens with one attached hydrogen (secondary N) is 1. The zero-order valence-corrected chi connectivity index (χ0v) is 13.5. The van der Waals surface area contributed by atoms with E-state index >= 15 is 0 Å². The van der Waals surface area contributed by atoms with Gasteiger partial charge in [-0.05, 0) is 24.8 Å². The molecule has 18 heavy (non-hydrogen) atoms. The van der Waals surface area contributed by atoms with E-state index < -0.39 is 0 Å². The number of ether oxygens (including phenoxy) is 1. The van der Waals surface area contributed by atoms with E-state index in [1.54, 1.807) is 7.11 Å². The van der Waals surface area contributed by atoms with Crippen molar-refractivity contribution in [1.29, 1.82) is 0 Å². The van der Waals surface area contributed by atoms with Crippen LogP contribution in [0.1, 0.15) is 41.5 Å². The van der Waals surface area contributed by atoms with E-state index in [1.165, 1.54) is 0 Å². The van der Waals surface area contributed by atoms with Crippen LogP contribution < -0.4 is 5.32 Å². The van der Waals surface area contributed by atoms with E-state index in [0.717, 1.165) is 32.8 Å². The first-order valence-electron chi connectivity index (χ1n) is 7.28. The second kappa shape index (κ2) is 8.89. The Hall–Kier alpha value is -0.120. The number of hydrogen-bond donors (Lipinski definition) is 1. The van der Waals surface area contributed by atoms with E-state index in [2.05, 4.69) is 51.8 Å². The Morgan fingerprint density at radius 2 is 1.83 bits per heavy atom. The van der Waals surface area contributed by atoms with E-state index in [-0.39, 0.29) is 5.41 Å². The lowest BCUT2D eigenvalue weighted by atomic mass is 9.84. The van der Waals surface area contributed by atoms with Gasteiger partial charge in [-0.3, -0.25) is 0 Å². The fourth-order valence-electron chi connectivity index (χ4n) is 2.27. The summed E-state index contributed by atoms with van der Waals surface area (Å²) in [6.07, 6.45) is 0. The molecule has 0 radical (unpaired) electrons. The van der Waals surface area contributed by atoms with Crippen molar-refractivity contribution >= 4 is 0 Å². The first-order chi connectivity index (χ1) is 8.33. The zero-order chi connectivity index (χ0) is 14.2. The van der Waals surface area contributed by atoms with E-state index in [1.807, 2.05) is 0 Å². The molecule has 0 bridgehead atoms. The molecule has 0 rings (SSSR count). The van der Waals surface area contributed by atoms with Gasteiger partial charge in [-0.2, -0.15) is 0 Å². The predicted molar refractivity (Wildman–Crippen MR) is 80.1 cm³/mol. The van der Waals surface area contributed by atoms with Gasteiger partial charge in [-0.15, -0.1) is 0 Å². The fourth-order valence-corrected chi connectivity index (χ4v) is 2.27.